The van der Waals surface area contributed by atoms with Crippen molar-refractivity contribution in [3.8, 4) is 0 Å². The Morgan fingerprint density at radius 2 is 2.10 bits per heavy atom. The molecule has 0 aliphatic carbocycles. The Balaban J connectivity index is 0.00000400. The van der Waals surface area contributed by atoms with E-state index in [1.54, 1.807) is 7.11 Å². The molecular weight excluding hydrogens is 383 g/mol. The Bertz CT molecular complexity index is 432. The molecule has 0 aromatic carbocycles. The molecule has 7 nitrogen and oxygen atoms in total. The molecule has 0 amide bonds. The van der Waals surface area contributed by atoms with Crippen molar-refractivity contribution in [2.24, 2.45) is 12.0 Å². The van der Waals surface area contributed by atoms with Gasteiger partial charge in [-0.3, -0.25) is 0 Å². The molecule has 1 heterocycles. The molecule has 8 heteroatoms. The van der Waals surface area contributed by atoms with Gasteiger partial charge in [-0.05, 0) is 27.2 Å². The largest absolute Gasteiger partial charge is 0.385 e. The lowest BCUT2D eigenvalue weighted by molar-refractivity contribution is 0.195. The Kier molecular flexibility index (Phi) is 10.3. The molecule has 0 bridgehead atoms. The number of rotatable bonds is 7. The first-order valence-electron chi connectivity index (χ1n) is 6.93. The number of methoxy groups -OCH3 is 1. The Labute approximate surface area is 144 Å². The molecule has 1 rings (SSSR count). The molecule has 0 atom stereocenters. The van der Waals surface area contributed by atoms with Gasteiger partial charge in [-0.1, -0.05) is 0 Å². The number of guanidine groups is 1. The third kappa shape index (κ3) is 7.60. The number of aromatic nitrogens is 3. The number of aliphatic imine (C=N–C) groups is 1. The van der Waals surface area contributed by atoms with Crippen LogP contribution in [0.2, 0.25) is 0 Å². The summed E-state index contributed by atoms with van der Waals surface area (Å²) in [5.74, 6) is 2.53. The Morgan fingerprint density at radius 3 is 2.62 bits per heavy atom. The van der Waals surface area contributed by atoms with E-state index in [0.29, 0.717) is 12.6 Å². The number of hydrogen-bond acceptors (Lipinski definition) is 4. The van der Waals surface area contributed by atoms with Crippen molar-refractivity contribution in [3.05, 3.63) is 11.6 Å². The van der Waals surface area contributed by atoms with E-state index in [9.17, 15) is 0 Å². The minimum Gasteiger partial charge on any atom is -0.385 e. The maximum absolute atomic E-state index is 5.03. The monoisotopic (exact) mass is 410 g/mol. The van der Waals surface area contributed by atoms with Crippen molar-refractivity contribution < 1.29 is 4.74 Å². The molecule has 0 fully saturated rings. The normalized spacial score (nSPS) is 11.4. The van der Waals surface area contributed by atoms with Crippen LogP contribution in [0.5, 0.6) is 0 Å². The molecule has 0 spiro atoms. The van der Waals surface area contributed by atoms with Gasteiger partial charge >= 0.3 is 0 Å². The summed E-state index contributed by atoms with van der Waals surface area (Å²) in [6.07, 6.45) is 0.943. The second-order valence-corrected chi connectivity index (χ2v) is 4.96. The summed E-state index contributed by atoms with van der Waals surface area (Å²) in [6.45, 7) is 8.16. The highest BCUT2D eigenvalue weighted by molar-refractivity contribution is 14.0. The van der Waals surface area contributed by atoms with Crippen LogP contribution in [0.1, 0.15) is 31.9 Å². The van der Waals surface area contributed by atoms with Crippen LogP contribution in [-0.2, 0) is 18.3 Å². The fourth-order valence-electron chi connectivity index (χ4n) is 1.59. The van der Waals surface area contributed by atoms with Gasteiger partial charge in [-0.2, -0.15) is 0 Å². The molecular formula is C13H27IN6O. The van der Waals surface area contributed by atoms with Gasteiger partial charge in [0, 0.05) is 33.4 Å². The maximum atomic E-state index is 5.03. The minimum absolute atomic E-state index is 0. The number of nitrogens with zero attached hydrogens (tertiary/aromatic N) is 4. The first-order valence-corrected chi connectivity index (χ1v) is 6.93. The highest BCUT2D eigenvalue weighted by Crippen LogP contribution is 1.99. The van der Waals surface area contributed by atoms with E-state index >= 15 is 0 Å². The number of halogens is 1. The highest BCUT2D eigenvalue weighted by Gasteiger charge is 2.05. The summed E-state index contributed by atoms with van der Waals surface area (Å²) in [6, 6.07) is 0.324. The quantitative estimate of drug-likeness (QED) is 0.306. The van der Waals surface area contributed by atoms with Gasteiger partial charge in [-0.25, -0.2) is 4.99 Å². The second kappa shape index (κ2) is 10.8. The highest BCUT2D eigenvalue weighted by atomic mass is 127. The van der Waals surface area contributed by atoms with Crippen LogP contribution in [-0.4, -0.2) is 47.0 Å². The van der Waals surface area contributed by atoms with Gasteiger partial charge in [-0.15, -0.1) is 34.2 Å². The summed E-state index contributed by atoms with van der Waals surface area (Å²) < 4.78 is 6.98. The standard InChI is InChI=1S/C13H26N6O.HI/c1-10(2)16-13(14-7-6-8-20-5)15-9-12-18-17-11(3)19(12)4;/h10H,6-9H2,1-5H3,(H2,14,15,16);1H. The predicted molar refractivity (Wildman–Crippen MR) is 95.1 cm³/mol. The molecule has 0 aliphatic rings. The maximum Gasteiger partial charge on any atom is 0.191 e. The van der Waals surface area contributed by atoms with Crippen LogP contribution in [0.4, 0.5) is 0 Å². The molecule has 1 aromatic rings. The van der Waals surface area contributed by atoms with Crippen molar-refractivity contribution >= 4 is 29.9 Å². The first-order chi connectivity index (χ1) is 9.54. The molecule has 0 unspecified atom stereocenters. The minimum atomic E-state index is 0. The van der Waals surface area contributed by atoms with Crippen LogP contribution in [0.15, 0.2) is 4.99 Å². The Hall–Kier alpha value is -0.900. The average molecular weight is 410 g/mol. The van der Waals surface area contributed by atoms with Gasteiger partial charge in [0.15, 0.2) is 11.8 Å². The predicted octanol–water partition coefficient (Wildman–Crippen LogP) is 1.22. The van der Waals surface area contributed by atoms with E-state index in [4.69, 9.17) is 4.74 Å². The third-order valence-corrected chi connectivity index (χ3v) is 2.80. The molecule has 0 saturated carbocycles. The summed E-state index contributed by atoms with van der Waals surface area (Å²) in [4.78, 5) is 4.54. The van der Waals surface area contributed by atoms with E-state index in [2.05, 4.69) is 39.7 Å². The van der Waals surface area contributed by atoms with Crippen molar-refractivity contribution in [3.63, 3.8) is 0 Å². The number of aryl methyl sites for hydroxylation is 1. The average Bonchev–Trinajstić information content (AvgIpc) is 2.71. The number of ether oxygens (including phenoxy) is 1. The topological polar surface area (TPSA) is 76.4 Å². The fourth-order valence-corrected chi connectivity index (χ4v) is 1.59. The summed E-state index contributed by atoms with van der Waals surface area (Å²) in [5.41, 5.74) is 0. The van der Waals surface area contributed by atoms with Gasteiger partial charge in [0.25, 0.3) is 0 Å². The number of hydrogen-bond donors (Lipinski definition) is 2. The molecule has 1 aromatic heterocycles. The molecule has 0 radical (unpaired) electrons. The zero-order valence-corrected chi connectivity index (χ0v) is 15.8. The van der Waals surface area contributed by atoms with Crippen LogP contribution in [0.3, 0.4) is 0 Å². The lowest BCUT2D eigenvalue weighted by Gasteiger charge is -2.15. The number of nitrogens with one attached hydrogen (secondary N) is 2. The lowest BCUT2D eigenvalue weighted by Crippen LogP contribution is -2.41. The Morgan fingerprint density at radius 1 is 1.38 bits per heavy atom. The first kappa shape index (κ1) is 20.1. The SMILES string of the molecule is COCCCNC(=NCc1nnc(C)n1C)NC(C)C.I. The van der Waals surface area contributed by atoms with Gasteiger partial charge in [0.05, 0.1) is 0 Å². The van der Waals surface area contributed by atoms with E-state index in [-0.39, 0.29) is 24.0 Å². The van der Waals surface area contributed by atoms with Gasteiger partial charge < -0.3 is 19.9 Å². The summed E-state index contributed by atoms with van der Waals surface area (Å²) in [7, 11) is 3.65. The van der Waals surface area contributed by atoms with Crippen LogP contribution < -0.4 is 10.6 Å². The van der Waals surface area contributed by atoms with Crippen LogP contribution >= 0.6 is 24.0 Å². The van der Waals surface area contributed by atoms with Crippen LogP contribution in [0.25, 0.3) is 0 Å². The van der Waals surface area contributed by atoms with Crippen LogP contribution in [0, 0.1) is 6.92 Å². The fraction of sp³-hybridized carbons (Fsp3) is 0.769. The zero-order chi connectivity index (χ0) is 15.0. The van der Waals surface area contributed by atoms with E-state index < -0.39 is 0 Å². The summed E-state index contributed by atoms with van der Waals surface area (Å²) in [5, 5.41) is 14.7. The smallest absolute Gasteiger partial charge is 0.191 e. The van der Waals surface area contributed by atoms with Crippen molar-refractivity contribution in [2.45, 2.75) is 39.8 Å². The molecule has 21 heavy (non-hydrogen) atoms. The van der Waals surface area contributed by atoms with Crippen molar-refractivity contribution in [1.82, 2.24) is 25.4 Å². The van der Waals surface area contributed by atoms with E-state index in [1.165, 1.54) is 0 Å². The van der Waals surface area contributed by atoms with Crippen molar-refractivity contribution in [1.29, 1.82) is 0 Å². The summed E-state index contributed by atoms with van der Waals surface area (Å²) >= 11 is 0. The molecule has 0 saturated heterocycles. The van der Waals surface area contributed by atoms with Gasteiger partial charge in [0.1, 0.15) is 12.4 Å². The molecule has 122 valence electrons. The van der Waals surface area contributed by atoms with Crippen molar-refractivity contribution in [2.75, 3.05) is 20.3 Å². The zero-order valence-electron chi connectivity index (χ0n) is 13.5. The molecule has 0 aliphatic heterocycles. The molecule has 2 N–H and O–H groups in total. The van der Waals surface area contributed by atoms with E-state index in [1.807, 2.05) is 18.5 Å². The second-order valence-electron chi connectivity index (χ2n) is 4.96. The van der Waals surface area contributed by atoms with E-state index in [0.717, 1.165) is 37.2 Å². The lowest BCUT2D eigenvalue weighted by atomic mass is 10.4. The third-order valence-electron chi connectivity index (χ3n) is 2.80. The van der Waals surface area contributed by atoms with Gasteiger partial charge in [0.2, 0.25) is 0 Å².